The second-order valence-corrected chi connectivity index (χ2v) is 8.53. The van der Waals surface area contributed by atoms with Crippen LogP contribution in [0, 0.1) is 12.7 Å². The number of aromatic nitrogens is 2. The Morgan fingerprint density at radius 3 is 2.46 bits per heavy atom. The minimum atomic E-state index is -0.415. The van der Waals surface area contributed by atoms with Gasteiger partial charge in [0.2, 0.25) is 0 Å². The molecule has 1 atom stereocenters. The quantitative estimate of drug-likeness (QED) is 0.377. The topological polar surface area (TPSA) is 67.5 Å². The van der Waals surface area contributed by atoms with E-state index in [-0.39, 0.29) is 11.7 Å². The number of amides is 1. The van der Waals surface area contributed by atoms with Crippen LogP contribution >= 0.6 is 0 Å². The molecule has 1 unspecified atom stereocenters. The predicted octanol–water partition coefficient (Wildman–Crippen LogP) is 5.68. The summed E-state index contributed by atoms with van der Waals surface area (Å²) in [6, 6.07) is 19.6. The Bertz CT molecular complexity index is 1360. The molecule has 0 aliphatic carbocycles. The zero-order valence-electron chi connectivity index (χ0n) is 19.8. The molecule has 0 fully saturated rings. The van der Waals surface area contributed by atoms with Crippen LogP contribution in [0.15, 0.2) is 66.7 Å². The summed E-state index contributed by atoms with van der Waals surface area (Å²) < 4.78 is 24.8. The summed E-state index contributed by atoms with van der Waals surface area (Å²) in [5.74, 6) is 0.755. The molecule has 0 radical (unpaired) electrons. The second-order valence-electron chi connectivity index (χ2n) is 8.53. The molecule has 35 heavy (non-hydrogen) atoms. The molecule has 1 amide bonds. The Morgan fingerprint density at radius 1 is 1.03 bits per heavy atom. The first-order chi connectivity index (χ1) is 17.0. The van der Waals surface area contributed by atoms with E-state index in [0.29, 0.717) is 30.3 Å². The molecular formula is C28H26FN3O3. The maximum absolute atomic E-state index is 13.6. The van der Waals surface area contributed by atoms with Crippen molar-refractivity contribution in [1.82, 2.24) is 15.1 Å². The number of aryl methyl sites for hydroxylation is 1. The molecule has 0 bridgehead atoms. The molecule has 1 aliphatic heterocycles. The smallest absolute Gasteiger partial charge is 0.273 e. The molecule has 1 aromatic heterocycles. The second kappa shape index (κ2) is 9.25. The van der Waals surface area contributed by atoms with Gasteiger partial charge in [-0.25, -0.2) is 4.39 Å². The average Bonchev–Trinajstić information content (AvgIpc) is 3.41. The summed E-state index contributed by atoms with van der Waals surface area (Å²) in [7, 11) is 1.60. The van der Waals surface area contributed by atoms with Crippen LogP contribution in [0.2, 0.25) is 0 Å². The SMILES string of the molecule is CCOc1ccc(C2c3c(-c4ccc(C)cc4)n[nH]c3C(=O)N2Cc2ccc(F)cc2)cc1OC. The minimum absolute atomic E-state index is 0.159. The zero-order chi connectivity index (χ0) is 24.5. The first-order valence-corrected chi connectivity index (χ1v) is 11.5. The van der Waals surface area contributed by atoms with E-state index in [4.69, 9.17) is 9.47 Å². The number of aromatic amines is 1. The number of benzene rings is 3. The molecule has 0 saturated heterocycles. The fraction of sp³-hybridized carbons (Fsp3) is 0.214. The van der Waals surface area contributed by atoms with Crippen LogP contribution < -0.4 is 9.47 Å². The molecule has 5 rings (SSSR count). The molecule has 1 N–H and O–H groups in total. The van der Waals surface area contributed by atoms with E-state index in [1.807, 2.05) is 56.3 Å². The van der Waals surface area contributed by atoms with Crippen LogP contribution in [0.25, 0.3) is 11.3 Å². The highest BCUT2D eigenvalue weighted by molar-refractivity contribution is 6.00. The van der Waals surface area contributed by atoms with Gasteiger partial charge in [0.25, 0.3) is 5.91 Å². The number of rotatable bonds is 7. The lowest BCUT2D eigenvalue weighted by Gasteiger charge is -2.27. The first-order valence-electron chi connectivity index (χ1n) is 11.5. The van der Waals surface area contributed by atoms with E-state index < -0.39 is 6.04 Å². The van der Waals surface area contributed by atoms with Gasteiger partial charge in [-0.1, -0.05) is 48.0 Å². The number of hydrogen-bond donors (Lipinski definition) is 1. The molecule has 178 valence electrons. The molecule has 0 saturated carbocycles. The normalized spacial score (nSPS) is 14.8. The fourth-order valence-corrected chi connectivity index (χ4v) is 4.55. The number of fused-ring (bicyclic) bond motifs is 1. The molecule has 0 spiro atoms. The van der Waals surface area contributed by atoms with Crippen LogP contribution in [0.5, 0.6) is 11.5 Å². The van der Waals surface area contributed by atoms with Gasteiger partial charge < -0.3 is 14.4 Å². The van der Waals surface area contributed by atoms with Crippen molar-refractivity contribution >= 4 is 5.91 Å². The first kappa shape index (κ1) is 22.7. The number of nitrogens with one attached hydrogen (secondary N) is 1. The van der Waals surface area contributed by atoms with E-state index >= 15 is 0 Å². The zero-order valence-corrected chi connectivity index (χ0v) is 19.8. The van der Waals surface area contributed by atoms with Crippen molar-refractivity contribution < 1.29 is 18.7 Å². The van der Waals surface area contributed by atoms with E-state index in [9.17, 15) is 9.18 Å². The summed E-state index contributed by atoms with van der Waals surface area (Å²) >= 11 is 0. The van der Waals surface area contributed by atoms with Gasteiger partial charge in [-0.15, -0.1) is 0 Å². The molecule has 6 nitrogen and oxygen atoms in total. The summed E-state index contributed by atoms with van der Waals surface area (Å²) in [6.45, 7) is 4.77. The Labute approximate surface area is 203 Å². The van der Waals surface area contributed by atoms with Gasteiger partial charge in [-0.2, -0.15) is 5.10 Å². The maximum Gasteiger partial charge on any atom is 0.273 e. The van der Waals surface area contributed by atoms with E-state index in [1.54, 1.807) is 24.1 Å². The van der Waals surface area contributed by atoms with Gasteiger partial charge >= 0.3 is 0 Å². The van der Waals surface area contributed by atoms with Crippen molar-refractivity contribution in [3.8, 4) is 22.8 Å². The largest absolute Gasteiger partial charge is 0.493 e. The molecule has 7 heteroatoms. The van der Waals surface area contributed by atoms with Gasteiger partial charge in [-0.3, -0.25) is 9.89 Å². The maximum atomic E-state index is 13.6. The lowest BCUT2D eigenvalue weighted by molar-refractivity contribution is 0.0730. The Hall–Kier alpha value is -4.13. The van der Waals surface area contributed by atoms with Crippen molar-refractivity contribution in [3.05, 3.63) is 100 Å². The lowest BCUT2D eigenvalue weighted by atomic mass is 9.95. The number of halogens is 1. The van der Waals surface area contributed by atoms with Gasteiger partial charge in [-0.05, 0) is 49.2 Å². The van der Waals surface area contributed by atoms with Crippen molar-refractivity contribution in [2.24, 2.45) is 0 Å². The monoisotopic (exact) mass is 471 g/mol. The molecule has 3 aromatic carbocycles. The number of ether oxygens (including phenoxy) is 2. The van der Waals surface area contributed by atoms with E-state index in [0.717, 1.165) is 33.5 Å². The average molecular weight is 472 g/mol. The number of H-pyrrole nitrogens is 1. The highest BCUT2D eigenvalue weighted by atomic mass is 19.1. The minimum Gasteiger partial charge on any atom is -0.493 e. The molecule has 2 heterocycles. The van der Waals surface area contributed by atoms with Crippen LogP contribution in [-0.2, 0) is 6.54 Å². The lowest BCUT2D eigenvalue weighted by Crippen LogP contribution is -2.29. The predicted molar refractivity (Wildman–Crippen MR) is 131 cm³/mol. The number of carbonyl (C=O) groups excluding carboxylic acids is 1. The van der Waals surface area contributed by atoms with Gasteiger partial charge in [0.1, 0.15) is 11.5 Å². The summed E-state index contributed by atoms with van der Waals surface area (Å²) in [5.41, 5.74) is 5.77. The third kappa shape index (κ3) is 4.14. The van der Waals surface area contributed by atoms with Crippen LogP contribution in [0.4, 0.5) is 4.39 Å². The number of hydrogen-bond acceptors (Lipinski definition) is 4. The summed E-state index contributed by atoms with van der Waals surface area (Å²) in [4.78, 5) is 15.4. The van der Waals surface area contributed by atoms with E-state index in [1.165, 1.54) is 12.1 Å². The Morgan fingerprint density at radius 2 is 1.77 bits per heavy atom. The standard InChI is InChI=1S/C28H26FN3O3/c1-4-35-22-14-11-20(15-23(22)34-3)27-24-25(19-9-5-17(2)6-10-19)30-31-26(24)28(33)32(27)16-18-7-12-21(29)13-8-18/h5-15,27H,4,16H2,1-3H3,(H,30,31). The highest BCUT2D eigenvalue weighted by Gasteiger charge is 2.42. The summed E-state index contributed by atoms with van der Waals surface area (Å²) in [6.07, 6.45) is 0. The number of methoxy groups -OCH3 is 1. The number of nitrogens with zero attached hydrogens (tertiary/aromatic N) is 2. The van der Waals surface area contributed by atoms with Crippen LogP contribution in [-0.4, -0.2) is 34.7 Å². The third-order valence-corrected chi connectivity index (χ3v) is 6.26. The Kier molecular flexibility index (Phi) is 5.99. The van der Waals surface area contributed by atoms with Crippen molar-refractivity contribution in [3.63, 3.8) is 0 Å². The van der Waals surface area contributed by atoms with E-state index in [2.05, 4.69) is 10.2 Å². The van der Waals surface area contributed by atoms with Gasteiger partial charge in [0, 0.05) is 17.7 Å². The summed E-state index contributed by atoms with van der Waals surface area (Å²) in [5, 5.41) is 7.51. The van der Waals surface area contributed by atoms with Gasteiger partial charge in [0.15, 0.2) is 11.5 Å². The van der Waals surface area contributed by atoms with Crippen LogP contribution in [0.3, 0.4) is 0 Å². The van der Waals surface area contributed by atoms with Crippen molar-refractivity contribution in [1.29, 1.82) is 0 Å². The van der Waals surface area contributed by atoms with Crippen molar-refractivity contribution in [2.75, 3.05) is 13.7 Å². The van der Waals surface area contributed by atoms with Crippen molar-refractivity contribution in [2.45, 2.75) is 26.4 Å². The molecule has 4 aromatic rings. The number of carbonyl (C=O) groups is 1. The molecule has 1 aliphatic rings. The molecular weight excluding hydrogens is 445 g/mol. The van der Waals surface area contributed by atoms with Gasteiger partial charge in [0.05, 0.1) is 25.5 Å². The highest BCUT2D eigenvalue weighted by Crippen LogP contribution is 2.45. The van der Waals surface area contributed by atoms with Crippen LogP contribution in [0.1, 0.15) is 45.7 Å². The fourth-order valence-electron chi connectivity index (χ4n) is 4.55. The third-order valence-electron chi connectivity index (χ3n) is 6.26. The Balaban J connectivity index is 1.64.